The van der Waals surface area contributed by atoms with E-state index in [1.54, 1.807) is 0 Å². The molecule has 0 N–H and O–H groups in total. The predicted octanol–water partition coefficient (Wildman–Crippen LogP) is 7.59. The number of benzene rings is 1. The normalized spacial score (nSPS) is 13.7. The van der Waals surface area contributed by atoms with Gasteiger partial charge in [0.25, 0.3) is 11.8 Å². The summed E-state index contributed by atoms with van der Waals surface area (Å²) in [5.74, 6) is -3.40. The second kappa shape index (κ2) is 26.7. The molecule has 1 aromatic carbocycles. The molecule has 66 heavy (non-hydrogen) atoms. The van der Waals surface area contributed by atoms with Gasteiger partial charge in [-0.3, -0.25) is 19.2 Å². The highest BCUT2D eigenvalue weighted by Gasteiger charge is 2.46. The number of hydrogen-bond donors (Lipinski definition) is 0. The Bertz CT molecular complexity index is 2090. The van der Waals surface area contributed by atoms with Crippen molar-refractivity contribution in [2.45, 2.75) is 98.6 Å². The van der Waals surface area contributed by atoms with Gasteiger partial charge in [0.15, 0.2) is 5.57 Å². The first-order valence-corrected chi connectivity index (χ1v) is 24.4. The monoisotopic (exact) mass is 987 g/mol. The molecule has 0 aromatic heterocycles. The molecule has 0 bridgehead atoms. The number of carbonyl (C=O) groups is 7. The number of carbonyl (C=O) groups excluding carboxylic acids is 7. The summed E-state index contributed by atoms with van der Waals surface area (Å²) in [4.78, 5) is 91.7. The van der Waals surface area contributed by atoms with Gasteiger partial charge < -0.3 is 33.2 Å². The van der Waals surface area contributed by atoms with E-state index in [2.05, 4.69) is 19.7 Å². The molecule has 3 heterocycles. The zero-order chi connectivity index (χ0) is 48.3. The molecule has 3 aliphatic rings. The number of thioether (sulfide) groups is 4. The van der Waals surface area contributed by atoms with Gasteiger partial charge in [-0.25, -0.2) is 24.4 Å². The number of hydrazine groups is 1. The van der Waals surface area contributed by atoms with E-state index in [1.807, 2.05) is 19.9 Å². The standard InChI is InChI=1S/C45H53N3O14S4/c1-8-11-17-47-39(51)32(40(52)48(47)18-12-9-2)45-65-37-33(58-20-13-15-30(49)56-22-24-61-41(53)27(4)5)35-36(64-44(63-35)29(26-46)43(55)60-19-10-3)34(38(37)66-45)59-21-14-16-31(50)57-23-25-62-42(54)28(6)7/h10H,3-4,6,8-9,11-25H2,1-2,5,7H3. The third-order valence-electron chi connectivity index (χ3n) is 9.11. The van der Waals surface area contributed by atoms with Crippen LogP contribution >= 0.6 is 47.0 Å². The van der Waals surface area contributed by atoms with Crippen molar-refractivity contribution in [1.29, 1.82) is 5.26 Å². The molecule has 0 saturated carbocycles. The van der Waals surface area contributed by atoms with Crippen molar-refractivity contribution >= 4 is 88.7 Å². The Morgan fingerprint density at radius 3 is 1.44 bits per heavy atom. The quantitative estimate of drug-likeness (QED) is 0.0158. The zero-order valence-corrected chi connectivity index (χ0v) is 40.7. The van der Waals surface area contributed by atoms with E-state index in [0.29, 0.717) is 61.2 Å². The van der Waals surface area contributed by atoms with Crippen LogP contribution < -0.4 is 9.47 Å². The summed E-state index contributed by atoms with van der Waals surface area (Å²) in [6.45, 7) is 17.6. The molecule has 0 atom stereocenters. The summed E-state index contributed by atoms with van der Waals surface area (Å²) in [6, 6.07) is 1.95. The van der Waals surface area contributed by atoms with E-state index in [9.17, 15) is 38.8 Å². The minimum Gasteiger partial charge on any atom is -0.491 e. The van der Waals surface area contributed by atoms with Crippen molar-refractivity contribution in [2.24, 2.45) is 0 Å². The number of amides is 2. The summed E-state index contributed by atoms with van der Waals surface area (Å²) >= 11 is 4.46. The molecule has 17 nitrogen and oxygen atoms in total. The first-order chi connectivity index (χ1) is 31.7. The van der Waals surface area contributed by atoms with Gasteiger partial charge in [-0.2, -0.15) is 5.26 Å². The van der Waals surface area contributed by atoms with Crippen molar-refractivity contribution in [3.05, 3.63) is 56.6 Å². The van der Waals surface area contributed by atoms with Crippen molar-refractivity contribution < 1.29 is 66.7 Å². The highest BCUT2D eigenvalue weighted by molar-refractivity contribution is 8.26. The van der Waals surface area contributed by atoms with Gasteiger partial charge in [-0.05, 0) is 39.5 Å². The van der Waals surface area contributed by atoms with E-state index in [0.717, 1.165) is 59.9 Å². The van der Waals surface area contributed by atoms with Crippen LogP contribution in [0.4, 0.5) is 0 Å². The first-order valence-electron chi connectivity index (χ1n) is 21.2. The summed E-state index contributed by atoms with van der Waals surface area (Å²) in [5, 5.41) is 13.2. The van der Waals surface area contributed by atoms with E-state index < -0.39 is 41.7 Å². The summed E-state index contributed by atoms with van der Waals surface area (Å²) in [5.41, 5.74) is 0.174. The molecular weight excluding hydrogens is 935 g/mol. The Morgan fingerprint density at radius 2 is 1.05 bits per heavy atom. The lowest BCUT2D eigenvalue weighted by Crippen LogP contribution is -2.42. The minimum atomic E-state index is -0.868. The van der Waals surface area contributed by atoms with Gasteiger partial charge in [0, 0.05) is 37.1 Å². The minimum absolute atomic E-state index is 0.00528. The second-order valence-corrected chi connectivity index (χ2v) is 19.0. The number of ether oxygens (including phenoxy) is 7. The fraction of sp³-hybridized carbons (Fsp3) is 0.467. The van der Waals surface area contributed by atoms with Gasteiger partial charge >= 0.3 is 29.8 Å². The second-order valence-electron chi connectivity index (χ2n) is 14.4. The fourth-order valence-corrected chi connectivity index (χ4v) is 11.3. The molecular formula is C45H53N3O14S4. The summed E-state index contributed by atoms with van der Waals surface area (Å²) < 4.78 is 39.2. The lowest BCUT2D eigenvalue weighted by atomic mass is 10.3. The van der Waals surface area contributed by atoms with Crippen LogP contribution in [0.5, 0.6) is 11.5 Å². The Labute approximate surface area is 400 Å². The van der Waals surface area contributed by atoms with Crippen LogP contribution in [0.2, 0.25) is 0 Å². The van der Waals surface area contributed by atoms with E-state index >= 15 is 0 Å². The Kier molecular flexibility index (Phi) is 21.6. The van der Waals surface area contributed by atoms with Crippen LogP contribution in [-0.4, -0.2) is 111 Å². The number of nitrogens with zero attached hydrogens (tertiary/aromatic N) is 3. The van der Waals surface area contributed by atoms with Crippen LogP contribution in [0.25, 0.3) is 0 Å². The van der Waals surface area contributed by atoms with Gasteiger partial charge in [-0.1, -0.05) is 99.5 Å². The SMILES string of the molecule is C=CCOC(=O)C(C#N)=C1Sc2c(OCCCC(=O)OCCOC(=O)C(=C)C)c3c(c(OCCCC(=O)OCCOC(=O)C(=C)C)c2S1)SC(=C1C(=O)N(CCCC)N(CCCC)C1=O)S3. The number of nitriles is 1. The molecule has 1 fully saturated rings. The number of unbranched alkanes of at least 4 members (excludes halogenated alkanes) is 2. The van der Waals surface area contributed by atoms with E-state index in [4.69, 9.17) is 33.2 Å². The smallest absolute Gasteiger partial charge is 0.350 e. The topological polar surface area (TPSA) is 214 Å². The average molecular weight is 988 g/mol. The van der Waals surface area contributed by atoms with Crippen molar-refractivity contribution in [2.75, 3.05) is 59.3 Å². The lowest BCUT2D eigenvalue weighted by molar-refractivity contribution is -0.150. The lowest BCUT2D eigenvalue weighted by Gasteiger charge is -2.27. The number of rotatable bonds is 27. The van der Waals surface area contributed by atoms with Crippen molar-refractivity contribution in [1.82, 2.24) is 10.0 Å². The molecule has 0 aliphatic carbocycles. The van der Waals surface area contributed by atoms with Gasteiger partial charge in [-0.15, -0.1) is 0 Å². The Balaban J connectivity index is 1.70. The van der Waals surface area contributed by atoms with Gasteiger partial charge in [0.2, 0.25) is 0 Å². The molecule has 1 aromatic rings. The number of fused-ring (bicyclic) bond motifs is 2. The third-order valence-corrected chi connectivity index (χ3v) is 14.3. The highest BCUT2D eigenvalue weighted by atomic mass is 32.2. The van der Waals surface area contributed by atoms with E-state index in [-0.39, 0.29) is 98.5 Å². The maximum Gasteiger partial charge on any atom is 0.350 e. The van der Waals surface area contributed by atoms with Gasteiger partial charge in [0.05, 0.1) is 41.3 Å². The molecule has 0 spiro atoms. The third kappa shape index (κ3) is 14.3. The molecule has 356 valence electrons. The Morgan fingerprint density at radius 1 is 0.621 bits per heavy atom. The van der Waals surface area contributed by atoms with Crippen LogP contribution in [0, 0.1) is 11.3 Å². The molecule has 3 aliphatic heterocycles. The molecule has 2 amide bonds. The summed E-state index contributed by atoms with van der Waals surface area (Å²) in [7, 11) is 0. The fourth-order valence-electron chi connectivity index (χ4n) is 5.81. The predicted molar refractivity (Wildman–Crippen MR) is 247 cm³/mol. The molecule has 0 radical (unpaired) electrons. The molecule has 1 saturated heterocycles. The van der Waals surface area contributed by atoms with Gasteiger partial charge in [0.1, 0.15) is 56.2 Å². The molecule has 0 unspecified atom stereocenters. The van der Waals surface area contributed by atoms with Crippen LogP contribution in [0.3, 0.4) is 0 Å². The van der Waals surface area contributed by atoms with Crippen LogP contribution in [0.1, 0.15) is 79.1 Å². The average Bonchev–Trinajstić information content (AvgIpc) is 3.98. The van der Waals surface area contributed by atoms with Crippen LogP contribution in [-0.2, 0) is 57.2 Å². The molecule has 21 heteroatoms. The largest absolute Gasteiger partial charge is 0.491 e. The zero-order valence-electron chi connectivity index (χ0n) is 37.4. The first kappa shape index (κ1) is 53.3. The van der Waals surface area contributed by atoms with E-state index in [1.165, 1.54) is 29.9 Å². The van der Waals surface area contributed by atoms with Crippen molar-refractivity contribution in [3.8, 4) is 17.6 Å². The highest BCUT2D eigenvalue weighted by Crippen LogP contribution is 2.68. The number of hydrogen-bond acceptors (Lipinski definition) is 19. The number of esters is 5. The molecule has 4 rings (SSSR count). The maximum absolute atomic E-state index is 14.1. The summed E-state index contributed by atoms with van der Waals surface area (Å²) in [6.07, 6.45) is 4.65. The Hall–Kier alpha value is -5.30. The van der Waals surface area contributed by atoms with Crippen LogP contribution in [0.15, 0.2) is 76.2 Å². The maximum atomic E-state index is 14.1. The van der Waals surface area contributed by atoms with Crippen molar-refractivity contribution in [3.63, 3.8) is 0 Å².